The highest BCUT2D eigenvalue weighted by atomic mass is 32.2. The second kappa shape index (κ2) is 10.0. The summed E-state index contributed by atoms with van der Waals surface area (Å²) in [6, 6.07) is 17.9. The van der Waals surface area contributed by atoms with Crippen LogP contribution in [-0.2, 0) is 9.53 Å². The number of carbonyl (C=O) groups excluding carboxylic acids is 1. The molecule has 0 spiro atoms. The van der Waals surface area contributed by atoms with E-state index in [1.807, 2.05) is 54.6 Å². The van der Waals surface area contributed by atoms with Crippen LogP contribution in [0.2, 0.25) is 0 Å². The van der Waals surface area contributed by atoms with E-state index in [1.165, 1.54) is 38.1 Å². The number of hydrogen-bond donors (Lipinski definition) is 0. The van der Waals surface area contributed by atoms with Gasteiger partial charge < -0.3 is 9.47 Å². The molecule has 0 aliphatic heterocycles. The molecule has 3 aromatic rings. The number of ether oxygens (including phenoxy) is 2. The number of hydrogen-bond acceptors (Lipinski definition) is 6. The zero-order valence-corrected chi connectivity index (χ0v) is 18.7. The Morgan fingerprint density at radius 1 is 1.00 bits per heavy atom. The van der Waals surface area contributed by atoms with Gasteiger partial charge in [-0.15, -0.1) is 10.2 Å². The van der Waals surface area contributed by atoms with Crippen molar-refractivity contribution < 1.29 is 14.3 Å². The SMILES string of the molecule is COC(=O)C(Sc1nnc(-c2ccc(OC)cc2)n1C1CCCCC1)c1ccccc1. The zero-order valence-electron chi connectivity index (χ0n) is 17.9. The predicted molar refractivity (Wildman–Crippen MR) is 121 cm³/mol. The molecule has 0 bridgehead atoms. The molecule has 6 nitrogen and oxygen atoms in total. The normalized spacial score (nSPS) is 15.4. The van der Waals surface area contributed by atoms with E-state index in [2.05, 4.69) is 14.8 Å². The molecule has 0 radical (unpaired) electrons. The highest BCUT2D eigenvalue weighted by Crippen LogP contribution is 2.41. The molecule has 1 fully saturated rings. The smallest absolute Gasteiger partial charge is 0.323 e. The second-order valence-corrected chi connectivity index (χ2v) is 8.70. The molecule has 0 amide bonds. The van der Waals surface area contributed by atoms with Gasteiger partial charge in [0.2, 0.25) is 0 Å². The molecular formula is C24H27N3O3S. The Hall–Kier alpha value is -2.80. The van der Waals surface area contributed by atoms with Crippen LogP contribution in [0.1, 0.15) is 49.0 Å². The van der Waals surface area contributed by atoms with E-state index in [0.717, 1.165) is 40.7 Å². The lowest BCUT2D eigenvalue weighted by atomic mass is 9.95. The Kier molecular flexibility index (Phi) is 6.92. The van der Waals surface area contributed by atoms with Crippen molar-refractivity contribution in [2.75, 3.05) is 14.2 Å². The Morgan fingerprint density at radius 3 is 2.35 bits per heavy atom. The van der Waals surface area contributed by atoms with Crippen molar-refractivity contribution >= 4 is 17.7 Å². The van der Waals surface area contributed by atoms with Gasteiger partial charge in [-0.3, -0.25) is 9.36 Å². The van der Waals surface area contributed by atoms with Gasteiger partial charge in [0, 0.05) is 11.6 Å². The van der Waals surface area contributed by atoms with Crippen LogP contribution < -0.4 is 4.74 Å². The van der Waals surface area contributed by atoms with Gasteiger partial charge in [-0.2, -0.15) is 0 Å². The van der Waals surface area contributed by atoms with Gasteiger partial charge in [0.25, 0.3) is 0 Å². The van der Waals surface area contributed by atoms with Crippen LogP contribution in [0, 0.1) is 0 Å². The van der Waals surface area contributed by atoms with Crippen molar-refractivity contribution in [1.82, 2.24) is 14.8 Å². The largest absolute Gasteiger partial charge is 0.497 e. The lowest BCUT2D eigenvalue weighted by molar-refractivity contribution is -0.140. The van der Waals surface area contributed by atoms with Crippen LogP contribution in [0.5, 0.6) is 5.75 Å². The summed E-state index contributed by atoms with van der Waals surface area (Å²) in [6.07, 6.45) is 5.81. The lowest BCUT2D eigenvalue weighted by Crippen LogP contribution is -2.17. The minimum absolute atomic E-state index is 0.291. The minimum Gasteiger partial charge on any atom is -0.497 e. The van der Waals surface area contributed by atoms with Crippen LogP contribution in [0.4, 0.5) is 0 Å². The van der Waals surface area contributed by atoms with Crippen molar-refractivity contribution in [1.29, 1.82) is 0 Å². The fourth-order valence-corrected chi connectivity index (χ4v) is 5.19. The van der Waals surface area contributed by atoms with E-state index in [-0.39, 0.29) is 5.97 Å². The van der Waals surface area contributed by atoms with E-state index < -0.39 is 5.25 Å². The van der Waals surface area contributed by atoms with Crippen molar-refractivity contribution in [2.45, 2.75) is 48.6 Å². The maximum atomic E-state index is 12.6. The van der Waals surface area contributed by atoms with Crippen molar-refractivity contribution in [3.8, 4) is 17.1 Å². The summed E-state index contributed by atoms with van der Waals surface area (Å²) in [6.45, 7) is 0. The molecule has 162 valence electrons. The number of methoxy groups -OCH3 is 2. The van der Waals surface area contributed by atoms with E-state index in [9.17, 15) is 4.79 Å². The molecule has 7 heteroatoms. The second-order valence-electron chi connectivity index (χ2n) is 7.63. The van der Waals surface area contributed by atoms with Crippen LogP contribution in [-0.4, -0.2) is 35.0 Å². The molecule has 1 aromatic heterocycles. The van der Waals surface area contributed by atoms with Gasteiger partial charge in [0.05, 0.1) is 14.2 Å². The highest BCUT2D eigenvalue weighted by molar-refractivity contribution is 8.00. The summed E-state index contributed by atoms with van der Waals surface area (Å²) in [5.74, 6) is 1.34. The van der Waals surface area contributed by atoms with Crippen molar-refractivity contribution in [2.24, 2.45) is 0 Å². The summed E-state index contributed by atoms with van der Waals surface area (Å²) in [5.41, 5.74) is 1.88. The van der Waals surface area contributed by atoms with Crippen LogP contribution in [0.3, 0.4) is 0 Å². The van der Waals surface area contributed by atoms with Gasteiger partial charge in [-0.05, 0) is 42.7 Å². The molecule has 1 aliphatic carbocycles. The minimum atomic E-state index is -0.499. The third-order valence-corrected chi connectivity index (χ3v) is 6.88. The van der Waals surface area contributed by atoms with E-state index >= 15 is 0 Å². The van der Waals surface area contributed by atoms with Crippen molar-refractivity contribution in [3.05, 3.63) is 60.2 Å². The average molecular weight is 438 g/mol. The number of esters is 1. The quantitative estimate of drug-likeness (QED) is 0.361. The summed E-state index contributed by atoms with van der Waals surface area (Å²) >= 11 is 1.41. The molecule has 0 saturated heterocycles. The first-order valence-corrected chi connectivity index (χ1v) is 11.5. The monoisotopic (exact) mass is 437 g/mol. The molecule has 1 atom stereocenters. The zero-order chi connectivity index (χ0) is 21.6. The lowest BCUT2D eigenvalue weighted by Gasteiger charge is -2.26. The van der Waals surface area contributed by atoms with Gasteiger partial charge >= 0.3 is 5.97 Å². The van der Waals surface area contributed by atoms with Crippen LogP contribution >= 0.6 is 11.8 Å². The Labute approximate surface area is 187 Å². The maximum absolute atomic E-state index is 12.6. The molecule has 4 rings (SSSR count). The molecule has 0 N–H and O–H groups in total. The summed E-state index contributed by atoms with van der Waals surface area (Å²) in [5, 5.41) is 9.33. The molecule has 1 saturated carbocycles. The number of benzene rings is 2. The van der Waals surface area contributed by atoms with Gasteiger partial charge in [0.15, 0.2) is 11.0 Å². The number of nitrogens with zero attached hydrogens (tertiary/aromatic N) is 3. The number of carbonyl (C=O) groups is 1. The first-order valence-electron chi connectivity index (χ1n) is 10.6. The summed E-state index contributed by atoms with van der Waals surface area (Å²) in [7, 11) is 3.08. The Bertz CT molecular complexity index is 999. The van der Waals surface area contributed by atoms with Crippen LogP contribution in [0.25, 0.3) is 11.4 Å². The summed E-state index contributed by atoms with van der Waals surface area (Å²) in [4.78, 5) is 12.6. The van der Waals surface area contributed by atoms with E-state index in [0.29, 0.717) is 6.04 Å². The van der Waals surface area contributed by atoms with Crippen molar-refractivity contribution in [3.63, 3.8) is 0 Å². The Morgan fingerprint density at radius 2 is 1.71 bits per heavy atom. The van der Waals surface area contributed by atoms with Crippen LogP contribution in [0.15, 0.2) is 59.8 Å². The molecule has 2 aromatic carbocycles. The molecule has 31 heavy (non-hydrogen) atoms. The number of aromatic nitrogens is 3. The van der Waals surface area contributed by atoms with Gasteiger partial charge in [-0.25, -0.2) is 0 Å². The standard InChI is InChI=1S/C24H27N3O3S/c1-29-20-15-13-18(14-16-20)22-25-26-24(27(22)19-11-7-4-8-12-19)31-21(23(28)30-2)17-9-5-3-6-10-17/h3,5-6,9-10,13-16,19,21H,4,7-8,11-12H2,1-2H3. The Balaban J connectivity index is 1.74. The molecule has 1 unspecified atom stereocenters. The maximum Gasteiger partial charge on any atom is 0.323 e. The highest BCUT2D eigenvalue weighted by Gasteiger charge is 2.29. The van der Waals surface area contributed by atoms with Gasteiger partial charge in [0.1, 0.15) is 11.0 Å². The summed E-state index contributed by atoms with van der Waals surface area (Å²) < 4.78 is 12.6. The molecule has 1 aliphatic rings. The first kappa shape index (κ1) is 21.4. The predicted octanol–water partition coefficient (Wildman–Crippen LogP) is 5.47. The van der Waals surface area contributed by atoms with E-state index in [4.69, 9.17) is 9.47 Å². The molecular weight excluding hydrogens is 410 g/mol. The first-order chi connectivity index (χ1) is 15.2. The van der Waals surface area contributed by atoms with Gasteiger partial charge in [-0.1, -0.05) is 61.4 Å². The average Bonchev–Trinajstić information content (AvgIpc) is 3.26. The third kappa shape index (κ3) is 4.77. The fourth-order valence-electron chi connectivity index (χ4n) is 4.06. The van der Waals surface area contributed by atoms with E-state index in [1.54, 1.807) is 7.11 Å². The number of thioether (sulfide) groups is 1. The topological polar surface area (TPSA) is 66.2 Å². The number of rotatable bonds is 7. The third-order valence-electron chi connectivity index (χ3n) is 5.69. The fraction of sp³-hybridized carbons (Fsp3) is 0.375. The molecule has 1 heterocycles.